The summed E-state index contributed by atoms with van der Waals surface area (Å²) in [6.45, 7) is 4.14. The predicted octanol–water partition coefficient (Wildman–Crippen LogP) is 5.57. The van der Waals surface area contributed by atoms with Gasteiger partial charge in [0.2, 0.25) is 0 Å². The molecule has 31 heavy (non-hydrogen) atoms. The van der Waals surface area contributed by atoms with Gasteiger partial charge in [-0.3, -0.25) is 0 Å². The Balaban J connectivity index is 1.73. The molecule has 3 aromatic rings. The van der Waals surface area contributed by atoms with Crippen LogP contribution in [-0.4, -0.2) is 24.8 Å². The molecule has 0 saturated heterocycles. The van der Waals surface area contributed by atoms with Crippen LogP contribution in [0.4, 0.5) is 5.00 Å². The van der Waals surface area contributed by atoms with E-state index >= 15 is 0 Å². The minimum atomic E-state index is -0.355. The van der Waals surface area contributed by atoms with Crippen molar-refractivity contribution in [3.63, 3.8) is 0 Å². The molecule has 1 unspecified atom stereocenters. The van der Waals surface area contributed by atoms with Gasteiger partial charge in [-0.25, -0.2) is 4.79 Å². The molecule has 3 rings (SSSR count). The van der Waals surface area contributed by atoms with Crippen LogP contribution >= 0.6 is 23.6 Å². The van der Waals surface area contributed by atoms with Crippen molar-refractivity contribution in [2.75, 3.05) is 19.0 Å². The fourth-order valence-electron chi connectivity index (χ4n) is 3.09. The quantitative estimate of drug-likeness (QED) is 0.343. The van der Waals surface area contributed by atoms with E-state index < -0.39 is 0 Å². The van der Waals surface area contributed by atoms with Crippen molar-refractivity contribution in [1.29, 1.82) is 0 Å². The Morgan fingerprint density at radius 1 is 1.13 bits per heavy atom. The highest BCUT2D eigenvalue weighted by atomic mass is 32.1. The zero-order valence-corrected chi connectivity index (χ0v) is 19.4. The van der Waals surface area contributed by atoms with Crippen LogP contribution in [-0.2, 0) is 11.2 Å². The Labute approximate surface area is 192 Å². The molecule has 7 heteroatoms. The van der Waals surface area contributed by atoms with Crippen LogP contribution in [0.2, 0.25) is 0 Å². The third-order valence-electron chi connectivity index (χ3n) is 4.69. The summed E-state index contributed by atoms with van der Waals surface area (Å²) in [4.78, 5) is 13.5. The van der Waals surface area contributed by atoms with Crippen molar-refractivity contribution in [1.82, 2.24) is 5.32 Å². The van der Waals surface area contributed by atoms with Crippen LogP contribution < -0.4 is 15.4 Å². The molecule has 0 aliphatic rings. The normalized spacial score (nSPS) is 11.5. The SMILES string of the molecule is CCOC(=O)c1cc(Cc2ccccc2)sc1NC(=S)NC(C)c1ccc(OC)cc1. The zero-order chi connectivity index (χ0) is 22.2. The number of ether oxygens (including phenoxy) is 2. The van der Waals surface area contributed by atoms with E-state index in [-0.39, 0.29) is 12.0 Å². The standard InChI is InChI=1S/C24H26N2O3S2/c1-4-29-23(27)21-15-20(14-17-8-6-5-7-9-17)31-22(21)26-24(30)25-16(2)18-10-12-19(28-3)13-11-18/h5-13,15-16H,4,14H2,1-3H3,(H2,25,26,30). The number of nitrogens with one attached hydrogen (secondary N) is 2. The van der Waals surface area contributed by atoms with Crippen LogP contribution in [0.3, 0.4) is 0 Å². The van der Waals surface area contributed by atoms with Gasteiger partial charge >= 0.3 is 5.97 Å². The van der Waals surface area contributed by atoms with Crippen molar-refractivity contribution in [2.24, 2.45) is 0 Å². The van der Waals surface area contributed by atoms with Gasteiger partial charge in [-0.05, 0) is 55.4 Å². The molecule has 0 radical (unpaired) electrons. The van der Waals surface area contributed by atoms with Crippen LogP contribution in [0.15, 0.2) is 60.7 Å². The molecule has 2 aromatic carbocycles. The molecule has 0 aliphatic carbocycles. The molecular weight excluding hydrogens is 428 g/mol. The third kappa shape index (κ3) is 6.29. The van der Waals surface area contributed by atoms with Gasteiger partial charge in [0.15, 0.2) is 5.11 Å². The van der Waals surface area contributed by atoms with Crippen LogP contribution in [0.25, 0.3) is 0 Å². The predicted molar refractivity (Wildman–Crippen MR) is 130 cm³/mol. The Bertz CT molecular complexity index is 1020. The van der Waals surface area contributed by atoms with E-state index in [1.165, 1.54) is 16.9 Å². The molecule has 0 saturated carbocycles. The highest BCUT2D eigenvalue weighted by Crippen LogP contribution is 2.31. The second kappa shape index (κ2) is 10.9. The smallest absolute Gasteiger partial charge is 0.341 e. The Morgan fingerprint density at radius 3 is 2.48 bits per heavy atom. The molecule has 2 N–H and O–H groups in total. The number of carbonyl (C=O) groups excluding carboxylic acids is 1. The monoisotopic (exact) mass is 454 g/mol. The molecule has 1 heterocycles. The maximum Gasteiger partial charge on any atom is 0.341 e. The highest BCUT2D eigenvalue weighted by Gasteiger charge is 2.19. The summed E-state index contributed by atoms with van der Waals surface area (Å²) in [6.07, 6.45) is 0.738. The zero-order valence-electron chi connectivity index (χ0n) is 17.8. The molecule has 5 nitrogen and oxygen atoms in total. The molecular formula is C24H26N2O3S2. The number of hydrogen-bond donors (Lipinski definition) is 2. The third-order valence-corrected chi connectivity index (χ3v) is 5.96. The Kier molecular flexibility index (Phi) is 8.03. The summed E-state index contributed by atoms with van der Waals surface area (Å²) in [5.41, 5.74) is 2.75. The number of benzene rings is 2. The average Bonchev–Trinajstić information content (AvgIpc) is 3.16. The average molecular weight is 455 g/mol. The van der Waals surface area contributed by atoms with E-state index in [0.29, 0.717) is 22.3 Å². The Hall–Kier alpha value is -2.90. The lowest BCUT2D eigenvalue weighted by Crippen LogP contribution is -2.31. The summed E-state index contributed by atoms with van der Waals surface area (Å²) in [5.74, 6) is 0.451. The minimum Gasteiger partial charge on any atom is -0.497 e. The maximum atomic E-state index is 12.5. The summed E-state index contributed by atoms with van der Waals surface area (Å²) in [7, 11) is 1.64. The van der Waals surface area contributed by atoms with Crippen LogP contribution in [0.1, 0.15) is 46.3 Å². The lowest BCUT2D eigenvalue weighted by Gasteiger charge is -2.17. The van der Waals surface area contributed by atoms with Gasteiger partial charge in [0.1, 0.15) is 10.8 Å². The van der Waals surface area contributed by atoms with Crippen molar-refractivity contribution in [3.05, 3.63) is 82.2 Å². The fourth-order valence-corrected chi connectivity index (χ4v) is 4.52. The number of rotatable bonds is 8. The number of thiocarbonyl (C=S) groups is 1. The molecule has 1 aromatic heterocycles. The number of hydrogen-bond acceptors (Lipinski definition) is 5. The van der Waals surface area contributed by atoms with Crippen molar-refractivity contribution in [3.8, 4) is 5.75 Å². The van der Waals surface area contributed by atoms with Crippen molar-refractivity contribution in [2.45, 2.75) is 26.3 Å². The largest absolute Gasteiger partial charge is 0.497 e. The first-order valence-corrected chi connectivity index (χ1v) is 11.3. The molecule has 0 spiro atoms. The van der Waals surface area contributed by atoms with Gasteiger partial charge in [0.05, 0.1) is 25.3 Å². The van der Waals surface area contributed by atoms with Crippen molar-refractivity contribution < 1.29 is 14.3 Å². The fraction of sp³-hybridized carbons (Fsp3) is 0.250. The molecule has 1 atom stereocenters. The summed E-state index contributed by atoms with van der Waals surface area (Å²) in [5, 5.41) is 7.60. The highest BCUT2D eigenvalue weighted by molar-refractivity contribution is 7.80. The van der Waals surface area contributed by atoms with Gasteiger partial charge in [-0.2, -0.15) is 0 Å². The molecule has 162 valence electrons. The summed E-state index contributed by atoms with van der Waals surface area (Å²) < 4.78 is 10.4. The Morgan fingerprint density at radius 2 is 1.84 bits per heavy atom. The summed E-state index contributed by atoms with van der Waals surface area (Å²) >= 11 is 7.03. The molecule has 0 fully saturated rings. The topological polar surface area (TPSA) is 59.6 Å². The first kappa shape index (κ1) is 22.8. The van der Waals surface area contributed by atoms with E-state index in [2.05, 4.69) is 22.8 Å². The van der Waals surface area contributed by atoms with Gasteiger partial charge < -0.3 is 20.1 Å². The van der Waals surface area contributed by atoms with Crippen LogP contribution in [0.5, 0.6) is 5.75 Å². The molecule has 0 amide bonds. The number of esters is 1. The maximum absolute atomic E-state index is 12.5. The second-order valence-corrected chi connectivity index (χ2v) is 8.48. The number of anilines is 1. The molecule has 0 bridgehead atoms. The lowest BCUT2D eigenvalue weighted by molar-refractivity contribution is 0.0528. The minimum absolute atomic E-state index is 0.0132. The summed E-state index contributed by atoms with van der Waals surface area (Å²) in [6, 6.07) is 19.8. The number of thiophene rings is 1. The van der Waals surface area contributed by atoms with E-state index in [1.54, 1.807) is 14.0 Å². The van der Waals surface area contributed by atoms with E-state index in [9.17, 15) is 4.79 Å². The van der Waals surface area contributed by atoms with E-state index in [1.807, 2.05) is 55.5 Å². The number of methoxy groups -OCH3 is 1. The first-order valence-electron chi connectivity index (χ1n) is 10.0. The van der Waals surface area contributed by atoms with Gasteiger partial charge in [-0.15, -0.1) is 11.3 Å². The van der Waals surface area contributed by atoms with Gasteiger partial charge in [0, 0.05) is 11.3 Å². The van der Waals surface area contributed by atoms with Gasteiger partial charge in [-0.1, -0.05) is 42.5 Å². The second-order valence-electron chi connectivity index (χ2n) is 6.93. The van der Waals surface area contributed by atoms with Crippen LogP contribution in [0, 0.1) is 0 Å². The lowest BCUT2D eigenvalue weighted by atomic mass is 10.1. The van der Waals surface area contributed by atoms with Gasteiger partial charge in [0.25, 0.3) is 0 Å². The van der Waals surface area contributed by atoms with Crippen molar-refractivity contribution >= 4 is 39.6 Å². The first-order chi connectivity index (χ1) is 15.0. The molecule has 0 aliphatic heterocycles. The number of carbonyl (C=O) groups is 1. The van der Waals surface area contributed by atoms with E-state index in [0.717, 1.165) is 22.6 Å². The van der Waals surface area contributed by atoms with E-state index in [4.69, 9.17) is 21.7 Å².